The second-order valence-electron chi connectivity index (χ2n) is 6.18. The van der Waals surface area contributed by atoms with Gasteiger partial charge in [-0.05, 0) is 36.8 Å². The monoisotopic (exact) mass is 366 g/mol. The number of rotatable bonds is 7. The van der Waals surface area contributed by atoms with Crippen LogP contribution in [0, 0.1) is 0 Å². The Bertz CT molecular complexity index is 878. The average molecular weight is 366 g/mol. The van der Waals surface area contributed by atoms with Crippen LogP contribution in [-0.4, -0.2) is 40.1 Å². The minimum atomic E-state index is -0.0461. The Morgan fingerprint density at radius 2 is 2.00 bits per heavy atom. The smallest absolute Gasteiger partial charge is 0.227 e. The van der Waals surface area contributed by atoms with Gasteiger partial charge in [0.05, 0.1) is 13.2 Å². The lowest BCUT2D eigenvalue weighted by molar-refractivity contribution is -0.131. The molecular formula is C20H22N4O3. The summed E-state index contributed by atoms with van der Waals surface area (Å²) >= 11 is 0. The zero-order chi connectivity index (χ0) is 19.2. The third-order valence-electron chi connectivity index (χ3n) is 4.49. The molecule has 3 aromatic rings. The molecule has 3 rings (SSSR count). The fraction of sp³-hybridized carbons (Fsp3) is 0.300. The van der Waals surface area contributed by atoms with Crippen molar-refractivity contribution < 1.29 is 14.1 Å². The predicted molar refractivity (Wildman–Crippen MR) is 100 cm³/mol. The molecule has 0 saturated carbocycles. The molecule has 7 heteroatoms. The van der Waals surface area contributed by atoms with Crippen molar-refractivity contribution in [1.29, 1.82) is 0 Å². The maximum absolute atomic E-state index is 12.5. The van der Waals surface area contributed by atoms with Crippen molar-refractivity contribution in [2.24, 2.45) is 0 Å². The molecule has 2 heterocycles. The standard InChI is InChI=1S/C20H22N4O3/c1-14(15-7-9-16(26-3)10-8-15)24(2)19(25)12-11-18-22-20(23-27-18)17-6-4-5-13-21-17/h4-10,13-14H,11-12H2,1-3H3. The molecule has 0 fully saturated rings. The normalized spacial score (nSPS) is 11.8. The topological polar surface area (TPSA) is 81.4 Å². The van der Waals surface area contributed by atoms with E-state index in [1.807, 2.05) is 49.4 Å². The van der Waals surface area contributed by atoms with E-state index in [4.69, 9.17) is 9.26 Å². The summed E-state index contributed by atoms with van der Waals surface area (Å²) in [4.78, 5) is 22.7. The third-order valence-corrected chi connectivity index (χ3v) is 4.49. The molecule has 1 atom stereocenters. The number of ether oxygens (including phenoxy) is 1. The first kappa shape index (κ1) is 18.6. The summed E-state index contributed by atoms with van der Waals surface area (Å²) in [6.45, 7) is 1.99. The number of methoxy groups -OCH3 is 1. The summed E-state index contributed by atoms with van der Waals surface area (Å²) in [6.07, 6.45) is 2.35. The van der Waals surface area contributed by atoms with Gasteiger partial charge in [-0.2, -0.15) is 4.98 Å². The van der Waals surface area contributed by atoms with Gasteiger partial charge in [0, 0.05) is 26.1 Å². The van der Waals surface area contributed by atoms with E-state index in [-0.39, 0.29) is 11.9 Å². The van der Waals surface area contributed by atoms with E-state index in [0.29, 0.717) is 30.3 Å². The van der Waals surface area contributed by atoms with Crippen LogP contribution in [0.3, 0.4) is 0 Å². The van der Waals surface area contributed by atoms with Crippen LogP contribution in [0.2, 0.25) is 0 Å². The van der Waals surface area contributed by atoms with Crippen molar-refractivity contribution in [2.45, 2.75) is 25.8 Å². The van der Waals surface area contributed by atoms with Crippen LogP contribution in [0.5, 0.6) is 5.75 Å². The van der Waals surface area contributed by atoms with Crippen LogP contribution in [0.25, 0.3) is 11.5 Å². The first-order valence-electron chi connectivity index (χ1n) is 8.72. The van der Waals surface area contributed by atoms with Gasteiger partial charge in [-0.15, -0.1) is 0 Å². The van der Waals surface area contributed by atoms with Crippen LogP contribution in [0.4, 0.5) is 0 Å². The lowest BCUT2D eigenvalue weighted by atomic mass is 10.1. The molecule has 0 aliphatic rings. The zero-order valence-corrected chi connectivity index (χ0v) is 15.6. The van der Waals surface area contributed by atoms with Gasteiger partial charge in [0.1, 0.15) is 11.4 Å². The van der Waals surface area contributed by atoms with Crippen molar-refractivity contribution in [1.82, 2.24) is 20.0 Å². The van der Waals surface area contributed by atoms with Crippen LogP contribution < -0.4 is 4.74 Å². The number of hydrogen-bond acceptors (Lipinski definition) is 6. The Labute approximate surface area is 158 Å². The van der Waals surface area contributed by atoms with Gasteiger partial charge >= 0.3 is 0 Å². The van der Waals surface area contributed by atoms with Crippen molar-refractivity contribution in [2.75, 3.05) is 14.2 Å². The quantitative estimate of drug-likeness (QED) is 0.638. The van der Waals surface area contributed by atoms with E-state index in [0.717, 1.165) is 11.3 Å². The van der Waals surface area contributed by atoms with Gasteiger partial charge in [0.25, 0.3) is 0 Å². The summed E-state index contributed by atoms with van der Waals surface area (Å²) in [5.74, 6) is 1.66. The van der Waals surface area contributed by atoms with Gasteiger partial charge in [0.15, 0.2) is 0 Å². The van der Waals surface area contributed by atoms with Crippen molar-refractivity contribution >= 4 is 5.91 Å². The predicted octanol–water partition coefficient (Wildman–Crippen LogP) is 3.29. The Balaban J connectivity index is 1.57. The van der Waals surface area contributed by atoms with E-state index in [1.165, 1.54) is 0 Å². The summed E-state index contributed by atoms with van der Waals surface area (Å²) in [5.41, 5.74) is 1.69. The number of carbonyl (C=O) groups excluding carboxylic acids is 1. The summed E-state index contributed by atoms with van der Waals surface area (Å²) in [6, 6.07) is 13.2. The van der Waals surface area contributed by atoms with Gasteiger partial charge in [-0.1, -0.05) is 23.4 Å². The molecule has 140 valence electrons. The van der Waals surface area contributed by atoms with Crippen molar-refractivity contribution in [3.05, 3.63) is 60.1 Å². The van der Waals surface area contributed by atoms with Crippen LogP contribution in [0.1, 0.15) is 30.8 Å². The highest BCUT2D eigenvalue weighted by Gasteiger charge is 2.19. The van der Waals surface area contributed by atoms with Gasteiger partial charge < -0.3 is 14.2 Å². The second-order valence-corrected chi connectivity index (χ2v) is 6.18. The molecule has 0 bridgehead atoms. The molecule has 27 heavy (non-hydrogen) atoms. The maximum Gasteiger partial charge on any atom is 0.227 e. The van der Waals surface area contributed by atoms with Gasteiger partial charge in [-0.25, -0.2) is 0 Å². The Kier molecular flexibility index (Phi) is 5.80. The molecule has 0 aliphatic carbocycles. The molecule has 0 N–H and O–H groups in total. The van der Waals surface area contributed by atoms with E-state index in [1.54, 1.807) is 25.3 Å². The SMILES string of the molecule is COc1ccc(C(C)N(C)C(=O)CCc2nc(-c3ccccn3)no2)cc1. The van der Waals surface area contributed by atoms with Crippen LogP contribution in [-0.2, 0) is 11.2 Å². The number of pyridine rings is 1. The number of nitrogens with zero attached hydrogens (tertiary/aromatic N) is 4. The summed E-state index contributed by atoms with van der Waals surface area (Å²) in [5, 5.41) is 3.92. The highest BCUT2D eigenvalue weighted by atomic mass is 16.5. The number of aromatic nitrogens is 3. The number of hydrogen-bond donors (Lipinski definition) is 0. The summed E-state index contributed by atoms with van der Waals surface area (Å²) < 4.78 is 10.4. The van der Waals surface area contributed by atoms with E-state index >= 15 is 0 Å². The molecule has 0 aliphatic heterocycles. The van der Waals surface area contributed by atoms with E-state index in [2.05, 4.69) is 15.1 Å². The molecule has 2 aromatic heterocycles. The number of aryl methyl sites for hydroxylation is 1. The van der Waals surface area contributed by atoms with Crippen molar-refractivity contribution in [3.63, 3.8) is 0 Å². The molecule has 1 unspecified atom stereocenters. The number of amides is 1. The highest BCUT2D eigenvalue weighted by Crippen LogP contribution is 2.22. The number of benzene rings is 1. The molecule has 0 saturated heterocycles. The second kappa shape index (κ2) is 8.44. The fourth-order valence-electron chi connectivity index (χ4n) is 2.67. The molecule has 1 aromatic carbocycles. The molecule has 0 spiro atoms. The van der Waals surface area contributed by atoms with Gasteiger partial charge in [0.2, 0.25) is 17.6 Å². The van der Waals surface area contributed by atoms with Crippen molar-refractivity contribution in [3.8, 4) is 17.3 Å². The van der Waals surface area contributed by atoms with Gasteiger partial charge in [-0.3, -0.25) is 9.78 Å². The average Bonchev–Trinajstić information content (AvgIpc) is 3.20. The third kappa shape index (κ3) is 4.49. The molecule has 7 nitrogen and oxygen atoms in total. The minimum Gasteiger partial charge on any atom is -0.497 e. The van der Waals surface area contributed by atoms with E-state index < -0.39 is 0 Å². The van der Waals surface area contributed by atoms with E-state index in [9.17, 15) is 4.79 Å². The van der Waals surface area contributed by atoms with Crippen LogP contribution >= 0.6 is 0 Å². The molecule has 1 amide bonds. The largest absolute Gasteiger partial charge is 0.497 e. The number of carbonyl (C=O) groups is 1. The van der Waals surface area contributed by atoms with Crippen LogP contribution in [0.15, 0.2) is 53.2 Å². The maximum atomic E-state index is 12.5. The molecule has 0 radical (unpaired) electrons. The highest BCUT2D eigenvalue weighted by molar-refractivity contribution is 5.76. The summed E-state index contributed by atoms with van der Waals surface area (Å²) in [7, 11) is 3.43. The zero-order valence-electron chi connectivity index (χ0n) is 15.6. The lowest BCUT2D eigenvalue weighted by Crippen LogP contribution is -2.29. The Morgan fingerprint density at radius 1 is 1.22 bits per heavy atom. The Morgan fingerprint density at radius 3 is 2.67 bits per heavy atom. The first-order chi connectivity index (χ1) is 13.1. The lowest BCUT2D eigenvalue weighted by Gasteiger charge is -2.25. The fourth-order valence-corrected chi connectivity index (χ4v) is 2.67. The Hall–Kier alpha value is -3.22. The minimum absolute atomic E-state index is 0.0101. The first-order valence-corrected chi connectivity index (χ1v) is 8.72. The molecular weight excluding hydrogens is 344 g/mol.